The number of carbonyl (C=O) groups excluding carboxylic acids is 2. The molecule has 0 aliphatic heterocycles. The van der Waals surface area contributed by atoms with Crippen LogP contribution in [0.5, 0.6) is 0 Å². The van der Waals surface area contributed by atoms with Gasteiger partial charge in [-0.05, 0) is 43.3 Å². The molecule has 0 saturated carbocycles. The van der Waals surface area contributed by atoms with E-state index in [0.717, 1.165) is 0 Å². The maximum atomic E-state index is 12.6. The van der Waals surface area contributed by atoms with Crippen molar-refractivity contribution < 1.29 is 18.7 Å². The van der Waals surface area contributed by atoms with Gasteiger partial charge in [-0.25, -0.2) is 4.79 Å². The second kappa shape index (κ2) is 5.11. The molecule has 3 aromatic rings. The summed E-state index contributed by atoms with van der Waals surface area (Å²) in [6.45, 7) is 1.43. The highest BCUT2D eigenvalue weighted by Gasteiger charge is 2.13. The fourth-order valence-electron chi connectivity index (χ4n) is 2.32. The van der Waals surface area contributed by atoms with Crippen molar-refractivity contribution in [1.82, 2.24) is 0 Å². The van der Waals surface area contributed by atoms with Crippen LogP contribution in [0.25, 0.3) is 21.9 Å². The molecule has 0 amide bonds. The quantitative estimate of drug-likeness (QED) is 0.413. The van der Waals surface area contributed by atoms with Crippen LogP contribution in [-0.2, 0) is 4.74 Å². The van der Waals surface area contributed by atoms with Crippen LogP contribution in [-0.4, -0.2) is 18.9 Å². The largest absolute Gasteiger partial charge is 0.465 e. The second-order valence-electron chi connectivity index (χ2n) is 4.90. The number of methoxy groups -OCH3 is 1. The molecule has 0 unspecified atom stereocenters. The van der Waals surface area contributed by atoms with Gasteiger partial charge in [0.2, 0.25) is 5.43 Å². The summed E-state index contributed by atoms with van der Waals surface area (Å²) in [6, 6.07) is 9.25. The first-order valence-corrected chi connectivity index (χ1v) is 6.61. The summed E-state index contributed by atoms with van der Waals surface area (Å²) in [6.07, 6.45) is 0. The van der Waals surface area contributed by atoms with E-state index in [1.54, 1.807) is 18.2 Å². The zero-order valence-corrected chi connectivity index (χ0v) is 12.0. The Morgan fingerprint density at radius 3 is 2.05 bits per heavy atom. The molecule has 3 rings (SSSR count). The van der Waals surface area contributed by atoms with Gasteiger partial charge in [0, 0.05) is 5.56 Å². The first-order valence-electron chi connectivity index (χ1n) is 6.61. The molecule has 0 aliphatic carbocycles. The topological polar surface area (TPSA) is 73.6 Å². The highest BCUT2D eigenvalue weighted by molar-refractivity contribution is 6.00. The summed E-state index contributed by atoms with van der Waals surface area (Å²) in [7, 11) is 1.27. The molecule has 2 aromatic carbocycles. The third kappa shape index (κ3) is 2.16. The molecule has 5 heteroatoms. The van der Waals surface area contributed by atoms with E-state index in [9.17, 15) is 14.4 Å². The molecule has 0 aliphatic rings. The molecular formula is C17H12O5. The molecule has 1 aromatic heterocycles. The summed E-state index contributed by atoms with van der Waals surface area (Å²) in [5.41, 5.74) is 1.19. The average molecular weight is 296 g/mol. The minimum atomic E-state index is -0.529. The number of fused-ring (bicyclic) bond motifs is 2. The molecule has 1 heterocycles. The lowest BCUT2D eigenvalue weighted by Gasteiger charge is -2.04. The maximum absolute atomic E-state index is 12.6. The average Bonchev–Trinajstić information content (AvgIpc) is 2.53. The van der Waals surface area contributed by atoms with Gasteiger partial charge in [0.15, 0.2) is 5.78 Å². The summed E-state index contributed by atoms with van der Waals surface area (Å²) >= 11 is 0. The molecule has 0 saturated heterocycles. The van der Waals surface area contributed by atoms with Gasteiger partial charge in [0.25, 0.3) is 0 Å². The summed E-state index contributed by atoms with van der Waals surface area (Å²) in [4.78, 5) is 35.6. The van der Waals surface area contributed by atoms with Crippen LogP contribution in [0.1, 0.15) is 27.6 Å². The van der Waals surface area contributed by atoms with E-state index < -0.39 is 5.97 Å². The summed E-state index contributed by atoms with van der Waals surface area (Å²) in [5, 5.41) is 0.582. The highest BCUT2D eigenvalue weighted by Crippen LogP contribution is 2.21. The number of esters is 1. The van der Waals surface area contributed by atoms with Gasteiger partial charge >= 0.3 is 5.97 Å². The minimum Gasteiger partial charge on any atom is -0.465 e. The van der Waals surface area contributed by atoms with Crippen LogP contribution in [0.2, 0.25) is 0 Å². The number of ether oxygens (including phenoxy) is 1. The third-order valence-corrected chi connectivity index (χ3v) is 3.50. The van der Waals surface area contributed by atoms with E-state index in [-0.39, 0.29) is 22.2 Å². The lowest BCUT2D eigenvalue weighted by atomic mass is 10.1. The minimum absolute atomic E-state index is 0.135. The normalized spacial score (nSPS) is 10.8. The van der Waals surface area contributed by atoms with E-state index in [1.165, 1.54) is 32.2 Å². The molecule has 5 nitrogen and oxygen atoms in total. The Hall–Kier alpha value is -2.95. The standard InChI is InChI=1S/C17H12O5/c1-9(18)10-3-5-14-12(7-10)16(19)13-8-11(17(20)21-2)4-6-15(13)22-14/h3-8H,1-2H3. The van der Waals surface area contributed by atoms with Gasteiger partial charge in [-0.2, -0.15) is 0 Å². The zero-order valence-electron chi connectivity index (χ0n) is 12.0. The summed E-state index contributed by atoms with van der Waals surface area (Å²) in [5.74, 6) is -0.663. The van der Waals surface area contributed by atoms with Crippen molar-refractivity contribution in [3.63, 3.8) is 0 Å². The molecule has 0 atom stereocenters. The van der Waals surface area contributed by atoms with Crippen molar-refractivity contribution in [2.45, 2.75) is 6.92 Å². The smallest absolute Gasteiger partial charge is 0.337 e. The Morgan fingerprint density at radius 2 is 1.50 bits per heavy atom. The second-order valence-corrected chi connectivity index (χ2v) is 4.90. The lowest BCUT2D eigenvalue weighted by Crippen LogP contribution is -2.06. The van der Waals surface area contributed by atoms with Crippen LogP contribution in [0.4, 0.5) is 0 Å². The lowest BCUT2D eigenvalue weighted by molar-refractivity contribution is 0.0600. The van der Waals surface area contributed by atoms with Crippen LogP contribution < -0.4 is 5.43 Å². The van der Waals surface area contributed by atoms with Crippen LogP contribution in [0, 0.1) is 0 Å². The Labute approximate surface area is 125 Å². The number of hydrogen-bond donors (Lipinski definition) is 0. The predicted molar refractivity (Wildman–Crippen MR) is 81.3 cm³/mol. The van der Waals surface area contributed by atoms with Gasteiger partial charge < -0.3 is 9.15 Å². The number of hydrogen-bond acceptors (Lipinski definition) is 5. The number of ketones is 1. The number of Topliss-reactive ketones (excluding diaryl/α,β-unsaturated/α-hetero) is 1. The number of rotatable bonds is 2. The van der Waals surface area contributed by atoms with E-state index in [2.05, 4.69) is 4.74 Å². The van der Waals surface area contributed by atoms with E-state index in [4.69, 9.17) is 4.42 Å². The molecule has 0 bridgehead atoms. The fourth-order valence-corrected chi connectivity index (χ4v) is 2.32. The molecular weight excluding hydrogens is 284 g/mol. The van der Waals surface area contributed by atoms with Crippen molar-refractivity contribution in [2.24, 2.45) is 0 Å². The van der Waals surface area contributed by atoms with Crippen LogP contribution >= 0.6 is 0 Å². The highest BCUT2D eigenvalue weighted by atomic mass is 16.5. The van der Waals surface area contributed by atoms with Gasteiger partial charge in [-0.3, -0.25) is 9.59 Å². The van der Waals surface area contributed by atoms with Crippen molar-refractivity contribution in [2.75, 3.05) is 7.11 Å². The Bertz CT molecular complexity index is 981. The Kier molecular flexibility index (Phi) is 3.25. The van der Waals surface area contributed by atoms with Gasteiger partial charge in [-0.1, -0.05) is 0 Å². The first-order chi connectivity index (χ1) is 10.5. The molecule has 0 fully saturated rings. The first kappa shape index (κ1) is 14.0. The fraction of sp³-hybridized carbons (Fsp3) is 0.118. The van der Waals surface area contributed by atoms with E-state index in [0.29, 0.717) is 22.1 Å². The van der Waals surface area contributed by atoms with Gasteiger partial charge in [-0.15, -0.1) is 0 Å². The molecule has 0 N–H and O–H groups in total. The maximum Gasteiger partial charge on any atom is 0.337 e. The molecule has 0 spiro atoms. The van der Waals surface area contributed by atoms with Gasteiger partial charge in [0.05, 0.1) is 23.4 Å². The van der Waals surface area contributed by atoms with Crippen LogP contribution in [0.15, 0.2) is 45.6 Å². The Morgan fingerprint density at radius 1 is 0.955 bits per heavy atom. The number of carbonyl (C=O) groups is 2. The van der Waals surface area contributed by atoms with Crippen molar-refractivity contribution >= 4 is 33.7 Å². The van der Waals surface area contributed by atoms with Crippen LogP contribution in [0.3, 0.4) is 0 Å². The monoisotopic (exact) mass is 296 g/mol. The Balaban J connectivity index is 2.36. The molecule has 22 heavy (non-hydrogen) atoms. The molecule has 110 valence electrons. The molecule has 0 radical (unpaired) electrons. The van der Waals surface area contributed by atoms with Gasteiger partial charge in [0.1, 0.15) is 11.2 Å². The van der Waals surface area contributed by atoms with Crippen molar-refractivity contribution in [3.05, 3.63) is 57.7 Å². The predicted octanol–water partition coefficient (Wildman–Crippen LogP) is 2.94. The van der Waals surface area contributed by atoms with Crippen molar-refractivity contribution in [3.8, 4) is 0 Å². The van der Waals surface area contributed by atoms with Crippen molar-refractivity contribution in [1.29, 1.82) is 0 Å². The SMILES string of the molecule is COC(=O)c1ccc2oc3ccc(C(C)=O)cc3c(=O)c2c1. The third-order valence-electron chi connectivity index (χ3n) is 3.50. The zero-order chi connectivity index (χ0) is 15.9. The van der Waals surface area contributed by atoms with E-state index in [1.807, 2.05) is 0 Å². The summed E-state index contributed by atoms with van der Waals surface area (Å²) < 4.78 is 10.3. The van der Waals surface area contributed by atoms with E-state index >= 15 is 0 Å². The number of benzene rings is 2.